The molecule has 0 spiro atoms. The molecular formula is C14H19N3O3S2. The van der Waals surface area contributed by atoms with Gasteiger partial charge in [-0.15, -0.1) is 11.3 Å². The number of sulfonamides is 1. The van der Waals surface area contributed by atoms with Gasteiger partial charge in [-0.2, -0.15) is 0 Å². The number of hydrogen-bond acceptors (Lipinski definition) is 6. The minimum absolute atomic E-state index is 0.227. The van der Waals surface area contributed by atoms with Gasteiger partial charge in [-0.3, -0.25) is 0 Å². The van der Waals surface area contributed by atoms with Crippen LogP contribution in [0, 0.1) is 0 Å². The number of aromatic nitrogens is 1. The van der Waals surface area contributed by atoms with E-state index in [2.05, 4.69) is 15.0 Å². The largest absolute Gasteiger partial charge is 0.494 e. The Morgan fingerprint density at radius 2 is 2.00 bits per heavy atom. The summed E-state index contributed by atoms with van der Waals surface area (Å²) in [4.78, 5) is 4.54. The molecule has 0 saturated heterocycles. The minimum atomic E-state index is -3.51. The molecule has 0 unspecified atom stereocenters. The molecule has 0 bridgehead atoms. The van der Waals surface area contributed by atoms with Crippen molar-refractivity contribution in [3.63, 3.8) is 0 Å². The van der Waals surface area contributed by atoms with Crippen LogP contribution in [0.5, 0.6) is 5.75 Å². The Hall–Kier alpha value is -1.64. The molecule has 0 aliphatic carbocycles. The van der Waals surface area contributed by atoms with Crippen LogP contribution in [0.4, 0.5) is 5.13 Å². The highest BCUT2D eigenvalue weighted by molar-refractivity contribution is 7.89. The second-order valence-electron chi connectivity index (χ2n) is 4.45. The summed E-state index contributed by atoms with van der Waals surface area (Å²) in [7, 11) is -1.70. The van der Waals surface area contributed by atoms with Crippen LogP contribution in [0.3, 0.4) is 0 Å². The van der Waals surface area contributed by atoms with Gasteiger partial charge in [-0.05, 0) is 31.2 Å². The number of anilines is 1. The molecule has 6 nitrogen and oxygen atoms in total. The lowest BCUT2D eigenvalue weighted by Crippen LogP contribution is -2.26. The van der Waals surface area contributed by atoms with Crippen molar-refractivity contribution in [3.8, 4) is 5.75 Å². The Morgan fingerprint density at radius 3 is 2.59 bits per heavy atom. The lowest BCUT2D eigenvalue weighted by atomic mass is 10.3. The second kappa shape index (κ2) is 7.57. The maximum atomic E-state index is 12.2. The van der Waals surface area contributed by atoms with Crippen molar-refractivity contribution < 1.29 is 13.2 Å². The van der Waals surface area contributed by atoms with E-state index in [1.165, 1.54) is 23.5 Å². The summed E-state index contributed by atoms with van der Waals surface area (Å²) in [6.07, 6.45) is 0.550. The van der Waals surface area contributed by atoms with Crippen molar-refractivity contribution in [2.75, 3.05) is 25.5 Å². The molecule has 0 atom stereocenters. The van der Waals surface area contributed by atoms with E-state index in [1.54, 1.807) is 19.2 Å². The first-order chi connectivity index (χ1) is 10.5. The molecule has 0 aliphatic rings. The fraction of sp³-hybridized carbons (Fsp3) is 0.357. The first-order valence-electron chi connectivity index (χ1n) is 6.90. The molecule has 1 aromatic carbocycles. The van der Waals surface area contributed by atoms with Gasteiger partial charge in [0.15, 0.2) is 5.13 Å². The number of nitrogens with zero attached hydrogens (tertiary/aromatic N) is 1. The van der Waals surface area contributed by atoms with E-state index in [9.17, 15) is 8.42 Å². The van der Waals surface area contributed by atoms with Crippen LogP contribution in [0.1, 0.15) is 12.6 Å². The van der Waals surface area contributed by atoms with Crippen LogP contribution in [0.25, 0.3) is 0 Å². The van der Waals surface area contributed by atoms with Crippen molar-refractivity contribution in [1.82, 2.24) is 9.71 Å². The van der Waals surface area contributed by atoms with E-state index >= 15 is 0 Å². The topological polar surface area (TPSA) is 80.3 Å². The summed E-state index contributed by atoms with van der Waals surface area (Å²) in [5.74, 6) is 0.656. The molecule has 0 saturated carbocycles. The molecule has 0 amide bonds. The zero-order chi connectivity index (χ0) is 16.0. The van der Waals surface area contributed by atoms with Gasteiger partial charge in [0.05, 0.1) is 17.2 Å². The Labute approximate surface area is 134 Å². The maximum absolute atomic E-state index is 12.2. The SMILES string of the molecule is CCOc1ccc(S(=O)(=O)NCCc2csc(NC)n2)cc1. The van der Waals surface area contributed by atoms with Crippen molar-refractivity contribution >= 4 is 26.5 Å². The van der Waals surface area contributed by atoms with E-state index in [4.69, 9.17) is 4.74 Å². The number of thiazole rings is 1. The first kappa shape index (κ1) is 16.7. The Balaban J connectivity index is 1.92. The van der Waals surface area contributed by atoms with Gasteiger partial charge in [-0.1, -0.05) is 0 Å². The van der Waals surface area contributed by atoms with Crippen LogP contribution in [-0.2, 0) is 16.4 Å². The van der Waals surface area contributed by atoms with Crippen molar-refractivity contribution in [2.45, 2.75) is 18.2 Å². The number of ether oxygens (including phenoxy) is 1. The average molecular weight is 341 g/mol. The number of rotatable bonds is 8. The van der Waals surface area contributed by atoms with E-state index < -0.39 is 10.0 Å². The first-order valence-corrected chi connectivity index (χ1v) is 9.26. The van der Waals surface area contributed by atoms with Gasteiger partial charge in [-0.25, -0.2) is 18.1 Å². The third kappa shape index (κ3) is 4.43. The summed E-state index contributed by atoms with van der Waals surface area (Å²) in [5.41, 5.74) is 0.865. The van der Waals surface area contributed by atoms with Crippen molar-refractivity contribution in [1.29, 1.82) is 0 Å². The van der Waals surface area contributed by atoms with E-state index in [0.717, 1.165) is 10.8 Å². The molecule has 0 radical (unpaired) electrons. The Bertz CT molecular complexity index is 696. The zero-order valence-corrected chi connectivity index (χ0v) is 14.1. The van der Waals surface area contributed by atoms with Crippen LogP contribution >= 0.6 is 11.3 Å². The van der Waals surface area contributed by atoms with Crippen LogP contribution in [0.2, 0.25) is 0 Å². The second-order valence-corrected chi connectivity index (χ2v) is 7.07. The van der Waals surface area contributed by atoms with Crippen LogP contribution in [-0.4, -0.2) is 33.6 Å². The molecule has 1 aromatic heterocycles. The fourth-order valence-corrected chi connectivity index (χ4v) is 3.55. The lowest BCUT2D eigenvalue weighted by molar-refractivity contribution is 0.340. The van der Waals surface area contributed by atoms with Crippen LogP contribution < -0.4 is 14.8 Å². The predicted molar refractivity (Wildman–Crippen MR) is 88.2 cm³/mol. The number of benzene rings is 1. The van der Waals surface area contributed by atoms with Crippen molar-refractivity contribution in [2.24, 2.45) is 0 Å². The monoisotopic (exact) mass is 341 g/mol. The molecular weight excluding hydrogens is 322 g/mol. The third-order valence-corrected chi connectivity index (χ3v) is 5.27. The third-order valence-electron chi connectivity index (χ3n) is 2.88. The molecule has 22 heavy (non-hydrogen) atoms. The fourth-order valence-electron chi connectivity index (χ4n) is 1.82. The highest BCUT2D eigenvalue weighted by Gasteiger charge is 2.13. The van der Waals surface area contributed by atoms with Gasteiger partial charge in [0.2, 0.25) is 10.0 Å². The standard InChI is InChI=1S/C14H19N3O3S2/c1-3-20-12-4-6-13(7-5-12)22(18,19)16-9-8-11-10-21-14(15-2)17-11/h4-7,10,16H,3,8-9H2,1-2H3,(H,15,17). The van der Waals surface area contributed by atoms with Gasteiger partial charge in [0.25, 0.3) is 0 Å². The Morgan fingerprint density at radius 1 is 1.27 bits per heavy atom. The summed E-state index contributed by atoms with van der Waals surface area (Å²) in [6, 6.07) is 6.37. The summed E-state index contributed by atoms with van der Waals surface area (Å²) >= 11 is 1.50. The normalized spacial score (nSPS) is 11.4. The molecule has 0 fully saturated rings. The highest BCUT2D eigenvalue weighted by Crippen LogP contribution is 2.17. The lowest BCUT2D eigenvalue weighted by Gasteiger charge is -2.07. The number of hydrogen-bond donors (Lipinski definition) is 2. The zero-order valence-electron chi connectivity index (χ0n) is 12.5. The Kier molecular flexibility index (Phi) is 5.76. The van der Waals surface area contributed by atoms with E-state index in [-0.39, 0.29) is 4.90 Å². The molecule has 2 N–H and O–H groups in total. The van der Waals surface area contributed by atoms with Gasteiger partial charge in [0, 0.05) is 25.4 Å². The minimum Gasteiger partial charge on any atom is -0.494 e. The molecule has 2 aromatic rings. The predicted octanol–water partition coefficient (Wildman–Crippen LogP) is 2.10. The average Bonchev–Trinajstić information content (AvgIpc) is 2.96. The van der Waals surface area contributed by atoms with Gasteiger partial charge < -0.3 is 10.1 Å². The summed E-state index contributed by atoms with van der Waals surface area (Å²) in [6.45, 7) is 2.74. The summed E-state index contributed by atoms with van der Waals surface area (Å²) < 4.78 is 32.2. The molecule has 2 rings (SSSR count). The van der Waals surface area contributed by atoms with E-state index in [1.807, 2.05) is 12.3 Å². The van der Waals surface area contributed by atoms with Gasteiger partial charge >= 0.3 is 0 Å². The van der Waals surface area contributed by atoms with Gasteiger partial charge in [0.1, 0.15) is 5.75 Å². The maximum Gasteiger partial charge on any atom is 0.240 e. The molecule has 120 valence electrons. The van der Waals surface area contributed by atoms with Crippen LogP contribution in [0.15, 0.2) is 34.5 Å². The summed E-state index contributed by atoms with van der Waals surface area (Å²) in [5, 5.41) is 5.69. The smallest absolute Gasteiger partial charge is 0.240 e. The highest BCUT2D eigenvalue weighted by atomic mass is 32.2. The molecule has 8 heteroatoms. The molecule has 0 aliphatic heterocycles. The van der Waals surface area contributed by atoms with E-state index in [0.29, 0.717) is 25.3 Å². The molecule has 1 heterocycles. The quantitative estimate of drug-likeness (QED) is 0.769. The van der Waals surface area contributed by atoms with Crippen molar-refractivity contribution in [3.05, 3.63) is 35.3 Å². The number of nitrogens with one attached hydrogen (secondary N) is 2.